The maximum atomic E-state index is 10.6. The van der Waals surface area contributed by atoms with Crippen LogP contribution < -0.4 is 4.74 Å². The van der Waals surface area contributed by atoms with E-state index in [1.165, 1.54) is 16.9 Å². The summed E-state index contributed by atoms with van der Waals surface area (Å²) in [5.74, 6) is 0.272. The Labute approximate surface area is 170 Å². The number of para-hydroxylation sites is 1. The SMILES string of the molecule is O=COc1csc(-n2nc(-c3ccc(-c4ccccc4)cc3)c3ccccc32)n1. The molecule has 2 aromatic heterocycles. The molecule has 0 spiro atoms. The number of benzene rings is 3. The van der Waals surface area contributed by atoms with Gasteiger partial charge in [-0.05, 0) is 17.2 Å². The number of carbonyl (C=O) groups excluding carboxylic acids is 1. The van der Waals surface area contributed by atoms with Gasteiger partial charge in [0, 0.05) is 10.9 Å². The van der Waals surface area contributed by atoms with Crippen molar-refractivity contribution in [3.8, 4) is 33.4 Å². The number of nitrogens with zero attached hydrogens (tertiary/aromatic N) is 3. The van der Waals surface area contributed by atoms with Crippen molar-refractivity contribution in [2.75, 3.05) is 0 Å². The molecule has 0 aliphatic rings. The molecule has 140 valence electrons. The number of carbonyl (C=O) groups is 1. The highest BCUT2D eigenvalue weighted by Crippen LogP contribution is 2.32. The van der Waals surface area contributed by atoms with Gasteiger partial charge >= 0.3 is 0 Å². The van der Waals surface area contributed by atoms with Crippen molar-refractivity contribution in [1.82, 2.24) is 14.8 Å². The van der Waals surface area contributed by atoms with Gasteiger partial charge in [-0.2, -0.15) is 10.1 Å². The van der Waals surface area contributed by atoms with Gasteiger partial charge in [0.2, 0.25) is 11.0 Å². The second kappa shape index (κ2) is 7.33. The van der Waals surface area contributed by atoms with Gasteiger partial charge in [0.05, 0.1) is 10.9 Å². The molecule has 0 radical (unpaired) electrons. The number of hydrogen-bond donors (Lipinski definition) is 0. The van der Waals surface area contributed by atoms with Crippen LogP contribution in [-0.2, 0) is 4.79 Å². The lowest BCUT2D eigenvalue weighted by molar-refractivity contribution is -0.120. The lowest BCUT2D eigenvalue weighted by Crippen LogP contribution is -1.96. The van der Waals surface area contributed by atoms with Gasteiger partial charge in [-0.3, -0.25) is 4.79 Å². The molecule has 5 nitrogen and oxygen atoms in total. The van der Waals surface area contributed by atoms with Gasteiger partial charge in [-0.1, -0.05) is 84.1 Å². The fourth-order valence-corrected chi connectivity index (χ4v) is 4.02. The Morgan fingerprint density at radius 1 is 0.828 bits per heavy atom. The summed E-state index contributed by atoms with van der Waals surface area (Å²) in [5.41, 5.74) is 5.20. The molecule has 29 heavy (non-hydrogen) atoms. The Balaban J connectivity index is 1.59. The van der Waals surface area contributed by atoms with Crippen LogP contribution in [0, 0.1) is 0 Å². The van der Waals surface area contributed by atoms with Gasteiger partial charge in [-0.15, -0.1) is 0 Å². The third kappa shape index (κ3) is 3.19. The molecule has 3 aromatic carbocycles. The molecule has 0 amide bonds. The fourth-order valence-electron chi connectivity index (χ4n) is 3.33. The normalized spacial score (nSPS) is 10.9. The van der Waals surface area contributed by atoms with E-state index in [0.29, 0.717) is 11.6 Å². The van der Waals surface area contributed by atoms with Crippen molar-refractivity contribution in [1.29, 1.82) is 0 Å². The lowest BCUT2D eigenvalue weighted by Gasteiger charge is -2.03. The Hall–Kier alpha value is -3.77. The van der Waals surface area contributed by atoms with Gasteiger partial charge < -0.3 is 4.74 Å². The second-order valence-electron chi connectivity index (χ2n) is 6.40. The zero-order valence-corrected chi connectivity index (χ0v) is 16.0. The summed E-state index contributed by atoms with van der Waals surface area (Å²) in [6.45, 7) is 0.375. The predicted octanol–water partition coefficient (Wildman–Crippen LogP) is 5.35. The minimum Gasteiger partial charge on any atom is -0.409 e. The number of fused-ring (bicyclic) bond motifs is 1. The number of thiazole rings is 1. The van der Waals surface area contributed by atoms with E-state index in [4.69, 9.17) is 9.84 Å². The summed E-state index contributed by atoms with van der Waals surface area (Å²) >= 11 is 1.37. The van der Waals surface area contributed by atoms with Crippen molar-refractivity contribution in [3.05, 3.63) is 84.2 Å². The number of hydrogen-bond acceptors (Lipinski definition) is 5. The Morgan fingerprint density at radius 3 is 2.31 bits per heavy atom. The van der Waals surface area contributed by atoms with E-state index < -0.39 is 0 Å². The van der Waals surface area contributed by atoms with Crippen molar-refractivity contribution in [2.24, 2.45) is 0 Å². The van der Waals surface area contributed by atoms with Crippen LogP contribution in [0.1, 0.15) is 0 Å². The van der Waals surface area contributed by atoms with E-state index in [-0.39, 0.29) is 5.88 Å². The molecular formula is C23H15N3O2S. The van der Waals surface area contributed by atoms with Gasteiger partial charge in [0.15, 0.2) is 0 Å². The van der Waals surface area contributed by atoms with E-state index >= 15 is 0 Å². The quantitative estimate of drug-likeness (QED) is 0.375. The Kier molecular flexibility index (Phi) is 4.38. The summed E-state index contributed by atoms with van der Waals surface area (Å²) in [7, 11) is 0. The average molecular weight is 397 g/mol. The van der Waals surface area contributed by atoms with E-state index in [1.807, 2.05) is 36.4 Å². The molecule has 0 fully saturated rings. The minimum absolute atomic E-state index is 0.272. The Morgan fingerprint density at radius 2 is 1.52 bits per heavy atom. The molecule has 0 N–H and O–H groups in total. The number of ether oxygens (including phenoxy) is 1. The molecule has 0 unspecified atom stereocenters. The molecule has 0 saturated heterocycles. The van der Waals surface area contributed by atoms with Crippen molar-refractivity contribution < 1.29 is 9.53 Å². The molecule has 2 heterocycles. The third-order valence-corrected chi connectivity index (χ3v) is 5.47. The van der Waals surface area contributed by atoms with Crippen molar-refractivity contribution in [3.63, 3.8) is 0 Å². The summed E-state index contributed by atoms with van der Waals surface area (Å²) in [4.78, 5) is 14.9. The molecule has 0 atom stereocenters. The molecule has 0 bridgehead atoms. The summed E-state index contributed by atoms with van der Waals surface area (Å²) in [6, 6.07) is 26.7. The van der Waals surface area contributed by atoms with E-state index in [0.717, 1.165) is 27.7 Å². The first-order chi connectivity index (χ1) is 14.3. The van der Waals surface area contributed by atoms with Crippen LogP contribution in [0.25, 0.3) is 38.4 Å². The van der Waals surface area contributed by atoms with Crippen molar-refractivity contribution in [2.45, 2.75) is 0 Å². The van der Waals surface area contributed by atoms with Crippen LogP contribution in [-0.4, -0.2) is 21.2 Å². The van der Waals surface area contributed by atoms with Gasteiger partial charge in [0.1, 0.15) is 5.69 Å². The molecule has 0 aliphatic heterocycles. The summed E-state index contributed by atoms with van der Waals surface area (Å²) in [5, 5.41) is 8.19. The zero-order chi connectivity index (χ0) is 19.6. The molecule has 0 saturated carbocycles. The maximum absolute atomic E-state index is 10.6. The van der Waals surface area contributed by atoms with Crippen LogP contribution >= 0.6 is 11.3 Å². The minimum atomic E-state index is 0.272. The molecular weight excluding hydrogens is 382 g/mol. The van der Waals surface area contributed by atoms with Gasteiger partial charge in [0.25, 0.3) is 6.47 Å². The highest BCUT2D eigenvalue weighted by Gasteiger charge is 2.16. The average Bonchev–Trinajstić information content (AvgIpc) is 3.39. The fraction of sp³-hybridized carbons (Fsp3) is 0. The largest absolute Gasteiger partial charge is 0.409 e. The molecule has 0 aliphatic carbocycles. The smallest absolute Gasteiger partial charge is 0.299 e. The lowest BCUT2D eigenvalue weighted by atomic mass is 10.0. The standard InChI is InChI=1S/C23H15N3O2S/c27-15-28-21-14-29-23(24-21)26-20-9-5-4-8-19(20)22(25-26)18-12-10-17(11-13-18)16-6-2-1-3-7-16/h1-15H. The molecule has 6 heteroatoms. The van der Waals surface area contributed by atoms with E-state index in [9.17, 15) is 4.79 Å². The van der Waals surface area contributed by atoms with Crippen molar-refractivity contribution >= 4 is 28.7 Å². The maximum Gasteiger partial charge on any atom is 0.299 e. The zero-order valence-electron chi connectivity index (χ0n) is 15.2. The van der Waals surface area contributed by atoms with Crippen LogP contribution in [0.2, 0.25) is 0 Å². The van der Waals surface area contributed by atoms with E-state index in [2.05, 4.69) is 47.4 Å². The highest BCUT2D eigenvalue weighted by molar-refractivity contribution is 7.12. The first-order valence-electron chi connectivity index (χ1n) is 9.03. The van der Waals surface area contributed by atoms with Gasteiger partial charge in [-0.25, -0.2) is 4.68 Å². The highest BCUT2D eigenvalue weighted by atomic mass is 32.1. The summed E-state index contributed by atoms with van der Waals surface area (Å²) in [6.07, 6.45) is 0. The monoisotopic (exact) mass is 397 g/mol. The van der Waals surface area contributed by atoms with Crippen LogP contribution in [0.5, 0.6) is 5.88 Å². The molecule has 5 aromatic rings. The second-order valence-corrected chi connectivity index (χ2v) is 7.24. The van der Waals surface area contributed by atoms with Crippen LogP contribution in [0.15, 0.2) is 84.2 Å². The summed E-state index contributed by atoms with van der Waals surface area (Å²) < 4.78 is 6.63. The third-order valence-electron chi connectivity index (χ3n) is 4.67. The topological polar surface area (TPSA) is 57.0 Å². The molecule has 5 rings (SSSR count). The van der Waals surface area contributed by atoms with E-state index in [1.54, 1.807) is 10.1 Å². The number of rotatable bonds is 5. The predicted molar refractivity (Wildman–Crippen MR) is 114 cm³/mol. The number of aromatic nitrogens is 3. The van der Waals surface area contributed by atoms with Crippen LogP contribution in [0.4, 0.5) is 0 Å². The van der Waals surface area contributed by atoms with Crippen LogP contribution in [0.3, 0.4) is 0 Å². The first-order valence-corrected chi connectivity index (χ1v) is 9.91. The first kappa shape index (κ1) is 17.3. The Bertz CT molecular complexity index is 1290.